The van der Waals surface area contributed by atoms with Crippen LogP contribution in [0.5, 0.6) is 5.75 Å². The van der Waals surface area contributed by atoms with Gasteiger partial charge in [0, 0.05) is 11.4 Å². The maximum atomic E-state index is 12.4. The van der Waals surface area contributed by atoms with E-state index in [0.717, 1.165) is 0 Å². The van der Waals surface area contributed by atoms with E-state index < -0.39 is 23.5 Å². The highest BCUT2D eigenvalue weighted by molar-refractivity contribution is 6.47. The van der Waals surface area contributed by atoms with E-state index in [1.54, 1.807) is 48.5 Å². The quantitative estimate of drug-likeness (QED) is 0.653. The molecule has 1 aliphatic rings. The molecule has 0 fully saturated rings. The molecule has 1 aliphatic heterocycles. The van der Waals surface area contributed by atoms with E-state index in [-0.39, 0.29) is 0 Å². The highest BCUT2D eigenvalue weighted by atomic mass is 16.5. The molecule has 6 heteroatoms. The lowest BCUT2D eigenvalue weighted by atomic mass is 9.95. The first kappa shape index (κ1) is 15.7. The minimum Gasteiger partial charge on any atom is -0.494 e. The maximum absolute atomic E-state index is 12.4. The molecule has 122 valence electrons. The van der Waals surface area contributed by atoms with Crippen LogP contribution in [0.25, 0.3) is 0 Å². The van der Waals surface area contributed by atoms with Gasteiger partial charge in [-0.25, -0.2) is 0 Å². The van der Waals surface area contributed by atoms with Gasteiger partial charge in [-0.15, -0.1) is 0 Å². The molecule has 0 radical (unpaired) electrons. The topological polar surface area (TPSA) is 84.5 Å². The second-order valence-corrected chi connectivity index (χ2v) is 5.29. The number of hydrogen-bond donors (Lipinski definition) is 2. The molecule has 24 heavy (non-hydrogen) atoms. The summed E-state index contributed by atoms with van der Waals surface area (Å²) in [5.41, 5.74) is 1.55. The van der Waals surface area contributed by atoms with Crippen molar-refractivity contribution < 1.29 is 19.1 Å². The number of ketones is 1. The fourth-order valence-corrected chi connectivity index (χ4v) is 2.59. The van der Waals surface area contributed by atoms with E-state index in [1.165, 1.54) is 0 Å². The van der Waals surface area contributed by atoms with Crippen molar-refractivity contribution in [3.63, 3.8) is 0 Å². The molecular formula is C18H16N2O4. The largest absolute Gasteiger partial charge is 0.494 e. The number of para-hydroxylation sites is 1. The minimum atomic E-state index is -1.11. The first-order valence-electron chi connectivity index (χ1n) is 7.58. The average Bonchev–Trinajstić information content (AvgIpc) is 2.92. The summed E-state index contributed by atoms with van der Waals surface area (Å²) < 4.78 is 5.32. The Hall–Kier alpha value is -3.15. The lowest BCUT2D eigenvalue weighted by Crippen LogP contribution is -2.31. The van der Waals surface area contributed by atoms with Crippen LogP contribution < -0.4 is 15.4 Å². The molecule has 0 saturated carbocycles. The number of ether oxygens (including phenoxy) is 1. The second-order valence-electron chi connectivity index (χ2n) is 5.29. The molecule has 2 N–H and O–H groups in total. The highest BCUT2D eigenvalue weighted by Crippen LogP contribution is 2.32. The van der Waals surface area contributed by atoms with Crippen LogP contribution in [0.15, 0.2) is 48.5 Å². The highest BCUT2D eigenvalue weighted by Gasteiger charge is 2.39. The predicted molar refractivity (Wildman–Crippen MR) is 89.1 cm³/mol. The van der Waals surface area contributed by atoms with E-state index in [0.29, 0.717) is 29.3 Å². The minimum absolute atomic E-state index is 0.462. The van der Waals surface area contributed by atoms with E-state index in [2.05, 4.69) is 10.6 Å². The third-order valence-electron chi connectivity index (χ3n) is 3.70. The number of anilines is 2. The summed E-state index contributed by atoms with van der Waals surface area (Å²) in [5, 5.41) is 5.13. The number of carbonyl (C=O) groups excluding carboxylic acids is 3. The van der Waals surface area contributed by atoms with Crippen LogP contribution in [0.2, 0.25) is 0 Å². The summed E-state index contributed by atoms with van der Waals surface area (Å²) in [6.07, 6.45) is 0. The van der Waals surface area contributed by atoms with Gasteiger partial charge in [-0.2, -0.15) is 0 Å². The summed E-state index contributed by atoms with van der Waals surface area (Å²) in [6.45, 7) is 2.42. The molecule has 1 heterocycles. The van der Waals surface area contributed by atoms with E-state index in [1.807, 2.05) is 6.92 Å². The third-order valence-corrected chi connectivity index (χ3v) is 3.70. The molecule has 0 saturated heterocycles. The van der Waals surface area contributed by atoms with Crippen LogP contribution in [-0.4, -0.2) is 24.2 Å². The van der Waals surface area contributed by atoms with Crippen molar-refractivity contribution in [1.29, 1.82) is 0 Å². The van der Waals surface area contributed by atoms with Gasteiger partial charge >= 0.3 is 0 Å². The summed E-state index contributed by atoms with van der Waals surface area (Å²) >= 11 is 0. The van der Waals surface area contributed by atoms with Crippen LogP contribution >= 0.6 is 0 Å². The zero-order valence-corrected chi connectivity index (χ0v) is 13.0. The zero-order valence-electron chi connectivity index (χ0n) is 13.0. The normalized spacial score (nSPS) is 15.4. The molecule has 0 unspecified atom stereocenters. The third kappa shape index (κ3) is 2.99. The van der Waals surface area contributed by atoms with Crippen LogP contribution in [0.1, 0.15) is 18.4 Å². The van der Waals surface area contributed by atoms with Crippen molar-refractivity contribution >= 4 is 29.0 Å². The van der Waals surface area contributed by atoms with Crippen LogP contribution in [0.4, 0.5) is 11.4 Å². The average molecular weight is 324 g/mol. The lowest BCUT2D eigenvalue weighted by Gasteiger charge is -2.09. The summed E-state index contributed by atoms with van der Waals surface area (Å²) in [6, 6.07) is 13.5. The number of nitrogens with one attached hydrogen (secondary N) is 2. The Morgan fingerprint density at radius 1 is 1.12 bits per heavy atom. The molecule has 6 nitrogen and oxygen atoms in total. The zero-order chi connectivity index (χ0) is 17.1. The molecule has 2 aromatic rings. The van der Waals surface area contributed by atoms with E-state index in [4.69, 9.17) is 4.74 Å². The Labute approximate surface area is 138 Å². The van der Waals surface area contributed by atoms with Gasteiger partial charge in [0.05, 0.1) is 6.61 Å². The van der Waals surface area contributed by atoms with Crippen molar-refractivity contribution in [2.24, 2.45) is 0 Å². The van der Waals surface area contributed by atoms with Crippen LogP contribution in [0, 0.1) is 0 Å². The molecule has 3 rings (SSSR count). The molecule has 0 aromatic heterocycles. The first-order chi connectivity index (χ1) is 11.6. The van der Waals surface area contributed by atoms with Gasteiger partial charge in [0.15, 0.2) is 0 Å². The predicted octanol–water partition coefficient (Wildman–Crippen LogP) is 2.33. The Kier molecular flexibility index (Phi) is 4.29. The number of fused-ring (bicyclic) bond motifs is 1. The lowest BCUT2D eigenvalue weighted by molar-refractivity contribution is -0.138. The number of amides is 2. The molecule has 2 amide bonds. The Bertz CT molecular complexity index is 799. The summed E-state index contributed by atoms with van der Waals surface area (Å²) in [4.78, 5) is 36.6. The van der Waals surface area contributed by atoms with Gasteiger partial charge in [0.25, 0.3) is 5.91 Å². The monoisotopic (exact) mass is 324 g/mol. The number of Topliss-reactive ketones (excluding diaryl/α,β-unsaturated/α-hetero) is 1. The molecule has 1 atom stereocenters. The van der Waals surface area contributed by atoms with E-state index in [9.17, 15) is 14.4 Å². The number of rotatable bonds is 5. The molecule has 2 aromatic carbocycles. The molecule has 0 bridgehead atoms. The number of hydrogen-bond acceptors (Lipinski definition) is 4. The number of benzene rings is 2. The van der Waals surface area contributed by atoms with Gasteiger partial charge in [0.1, 0.15) is 11.7 Å². The van der Waals surface area contributed by atoms with E-state index >= 15 is 0 Å². The Balaban J connectivity index is 1.73. The van der Waals surface area contributed by atoms with Crippen molar-refractivity contribution in [3.8, 4) is 5.75 Å². The van der Waals surface area contributed by atoms with Gasteiger partial charge in [-0.05, 0) is 42.8 Å². The van der Waals surface area contributed by atoms with Gasteiger partial charge in [0.2, 0.25) is 11.7 Å². The van der Waals surface area contributed by atoms with Crippen molar-refractivity contribution in [2.75, 3.05) is 17.2 Å². The SMILES string of the molecule is CCOc1ccc(NC(=O)C(=O)[C@@H]2C(=O)Nc3ccccc32)cc1. The van der Waals surface area contributed by atoms with Crippen LogP contribution in [0.3, 0.4) is 0 Å². The summed E-state index contributed by atoms with van der Waals surface area (Å²) in [5.74, 6) is -2.53. The maximum Gasteiger partial charge on any atom is 0.292 e. The number of carbonyl (C=O) groups is 3. The van der Waals surface area contributed by atoms with Crippen LogP contribution in [-0.2, 0) is 14.4 Å². The smallest absolute Gasteiger partial charge is 0.292 e. The van der Waals surface area contributed by atoms with Gasteiger partial charge in [-0.1, -0.05) is 18.2 Å². The van der Waals surface area contributed by atoms with Crippen molar-refractivity contribution in [3.05, 3.63) is 54.1 Å². The first-order valence-corrected chi connectivity index (χ1v) is 7.58. The molecule has 0 spiro atoms. The molecule has 0 aliphatic carbocycles. The van der Waals surface area contributed by atoms with Crippen molar-refractivity contribution in [2.45, 2.75) is 12.8 Å². The Morgan fingerprint density at radius 3 is 2.54 bits per heavy atom. The molecular weight excluding hydrogens is 308 g/mol. The fourth-order valence-electron chi connectivity index (χ4n) is 2.59. The van der Waals surface area contributed by atoms with Crippen molar-refractivity contribution in [1.82, 2.24) is 0 Å². The Morgan fingerprint density at radius 2 is 1.83 bits per heavy atom. The van der Waals surface area contributed by atoms with Gasteiger partial charge in [-0.3, -0.25) is 14.4 Å². The standard InChI is InChI=1S/C18H16N2O4/c1-2-24-12-9-7-11(8-10-12)19-18(23)16(21)15-13-5-3-4-6-14(13)20-17(15)22/h3-10,15H,2H2,1H3,(H,19,23)(H,20,22)/t15-/m1/s1. The summed E-state index contributed by atoms with van der Waals surface area (Å²) in [7, 11) is 0. The van der Waals surface area contributed by atoms with Gasteiger partial charge < -0.3 is 15.4 Å². The second kappa shape index (κ2) is 6.54. The fraction of sp³-hybridized carbons (Fsp3) is 0.167.